The number of carbonyl (C=O) groups is 2. The van der Waals surface area contributed by atoms with Crippen LogP contribution in [0.25, 0.3) is 0 Å². The highest BCUT2D eigenvalue weighted by Gasteiger charge is 2.32. The Balaban J connectivity index is 1.79. The third-order valence-electron chi connectivity index (χ3n) is 3.90. The minimum absolute atomic E-state index is 0.150. The molecule has 0 aromatic heterocycles. The van der Waals surface area contributed by atoms with E-state index in [2.05, 4.69) is 10.2 Å². The lowest BCUT2D eigenvalue weighted by Crippen LogP contribution is -2.51. The molecule has 4 N–H and O–H groups in total. The van der Waals surface area contributed by atoms with Crippen molar-refractivity contribution in [3.05, 3.63) is 0 Å². The van der Waals surface area contributed by atoms with Crippen molar-refractivity contribution in [1.29, 1.82) is 0 Å². The van der Waals surface area contributed by atoms with E-state index in [1.165, 1.54) is 19.4 Å². The number of amides is 1. The van der Waals surface area contributed by atoms with Crippen LogP contribution in [-0.4, -0.2) is 53.1 Å². The molecule has 0 aromatic carbocycles. The first-order chi connectivity index (χ1) is 8.56. The number of nitrogens with one attached hydrogen (secondary N) is 1. The Morgan fingerprint density at radius 2 is 2.17 bits per heavy atom. The van der Waals surface area contributed by atoms with E-state index in [-0.39, 0.29) is 18.4 Å². The fourth-order valence-electron chi connectivity index (χ4n) is 2.94. The number of nitrogens with two attached hydrogens (primary N) is 1. The normalized spacial score (nSPS) is 29.6. The first kappa shape index (κ1) is 13.3. The Labute approximate surface area is 107 Å². The van der Waals surface area contributed by atoms with Crippen LogP contribution >= 0.6 is 0 Å². The fourth-order valence-corrected chi connectivity index (χ4v) is 2.94. The lowest BCUT2D eigenvalue weighted by atomic mass is 9.97. The van der Waals surface area contributed by atoms with Crippen molar-refractivity contribution >= 4 is 11.9 Å². The summed E-state index contributed by atoms with van der Waals surface area (Å²) in [6.07, 6.45) is 4.03. The van der Waals surface area contributed by atoms with Gasteiger partial charge in [0.1, 0.15) is 0 Å². The molecule has 2 aliphatic heterocycles. The molecule has 2 fully saturated rings. The van der Waals surface area contributed by atoms with Crippen LogP contribution in [0.15, 0.2) is 0 Å². The Kier molecular flexibility index (Phi) is 4.19. The molecule has 1 amide bonds. The minimum Gasteiger partial charge on any atom is -0.481 e. The van der Waals surface area contributed by atoms with E-state index in [1.807, 2.05) is 0 Å². The lowest BCUT2D eigenvalue weighted by molar-refractivity contribution is -0.139. The van der Waals surface area contributed by atoms with Crippen LogP contribution in [0.1, 0.15) is 32.1 Å². The van der Waals surface area contributed by atoms with Crippen LogP contribution in [0, 0.1) is 0 Å². The second kappa shape index (κ2) is 5.67. The second-order valence-corrected chi connectivity index (χ2v) is 5.27. The SMILES string of the molecule is NC(CC(=O)O)C(=O)NC1CCN2CCCC2C1. The van der Waals surface area contributed by atoms with E-state index in [0.29, 0.717) is 6.04 Å². The Morgan fingerprint density at radius 1 is 1.39 bits per heavy atom. The highest BCUT2D eigenvalue weighted by Crippen LogP contribution is 2.26. The number of carbonyl (C=O) groups excluding carboxylic acids is 1. The average Bonchev–Trinajstić information content (AvgIpc) is 2.75. The largest absolute Gasteiger partial charge is 0.481 e. The third kappa shape index (κ3) is 3.20. The molecule has 0 saturated carbocycles. The maximum atomic E-state index is 11.7. The number of hydrogen-bond donors (Lipinski definition) is 3. The zero-order valence-corrected chi connectivity index (χ0v) is 10.5. The summed E-state index contributed by atoms with van der Waals surface area (Å²) in [4.78, 5) is 24.7. The fraction of sp³-hybridized carbons (Fsp3) is 0.833. The summed E-state index contributed by atoms with van der Waals surface area (Å²) in [6, 6.07) is -0.208. The molecule has 2 rings (SSSR count). The number of hydrogen-bond acceptors (Lipinski definition) is 4. The molecule has 2 aliphatic rings. The van der Waals surface area contributed by atoms with Gasteiger partial charge in [0.15, 0.2) is 0 Å². The Morgan fingerprint density at radius 3 is 2.89 bits per heavy atom. The zero-order valence-electron chi connectivity index (χ0n) is 10.5. The number of nitrogens with zero attached hydrogens (tertiary/aromatic N) is 1. The van der Waals surface area contributed by atoms with Crippen molar-refractivity contribution in [1.82, 2.24) is 10.2 Å². The topological polar surface area (TPSA) is 95.7 Å². The molecule has 0 aliphatic carbocycles. The molecular formula is C12H21N3O3. The van der Waals surface area contributed by atoms with E-state index in [4.69, 9.17) is 10.8 Å². The molecular weight excluding hydrogens is 234 g/mol. The summed E-state index contributed by atoms with van der Waals surface area (Å²) >= 11 is 0. The molecule has 2 heterocycles. The van der Waals surface area contributed by atoms with Gasteiger partial charge in [0, 0.05) is 18.6 Å². The van der Waals surface area contributed by atoms with Crippen LogP contribution in [0.3, 0.4) is 0 Å². The summed E-state index contributed by atoms with van der Waals surface area (Å²) in [5.41, 5.74) is 5.54. The predicted molar refractivity (Wildman–Crippen MR) is 66.0 cm³/mol. The van der Waals surface area contributed by atoms with Gasteiger partial charge in [-0.1, -0.05) is 0 Å². The summed E-state index contributed by atoms with van der Waals surface area (Å²) in [7, 11) is 0. The maximum Gasteiger partial charge on any atom is 0.305 e. The minimum atomic E-state index is -1.04. The van der Waals surface area contributed by atoms with Gasteiger partial charge in [-0.3, -0.25) is 9.59 Å². The van der Waals surface area contributed by atoms with Gasteiger partial charge < -0.3 is 21.1 Å². The summed E-state index contributed by atoms with van der Waals surface area (Å²) in [5.74, 6) is -1.38. The number of fused-ring (bicyclic) bond motifs is 1. The maximum absolute atomic E-state index is 11.7. The standard InChI is InChI=1S/C12H21N3O3/c13-10(7-11(16)17)12(18)14-8-3-5-15-4-1-2-9(15)6-8/h8-10H,1-7,13H2,(H,14,18)(H,16,17). The summed E-state index contributed by atoms with van der Waals surface area (Å²) in [5, 5.41) is 11.5. The first-order valence-corrected chi connectivity index (χ1v) is 6.58. The highest BCUT2D eigenvalue weighted by molar-refractivity contribution is 5.86. The van der Waals surface area contributed by atoms with Crippen molar-refractivity contribution in [2.75, 3.05) is 13.1 Å². The van der Waals surface area contributed by atoms with Gasteiger partial charge in [-0.05, 0) is 32.2 Å². The van der Waals surface area contributed by atoms with E-state index in [9.17, 15) is 9.59 Å². The second-order valence-electron chi connectivity index (χ2n) is 5.27. The van der Waals surface area contributed by atoms with Crippen molar-refractivity contribution in [2.24, 2.45) is 5.73 Å². The smallest absolute Gasteiger partial charge is 0.305 e. The molecule has 102 valence electrons. The van der Waals surface area contributed by atoms with Crippen LogP contribution < -0.4 is 11.1 Å². The molecule has 18 heavy (non-hydrogen) atoms. The van der Waals surface area contributed by atoms with Gasteiger partial charge in [-0.2, -0.15) is 0 Å². The molecule has 0 bridgehead atoms. The van der Waals surface area contributed by atoms with Crippen LogP contribution in [0.4, 0.5) is 0 Å². The molecule has 0 spiro atoms. The molecule has 3 atom stereocenters. The Hall–Kier alpha value is -1.14. The number of carboxylic acids is 1. The van der Waals surface area contributed by atoms with E-state index in [0.717, 1.165) is 19.4 Å². The monoisotopic (exact) mass is 255 g/mol. The van der Waals surface area contributed by atoms with Gasteiger partial charge in [0.25, 0.3) is 0 Å². The van der Waals surface area contributed by atoms with Crippen LogP contribution in [-0.2, 0) is 9.59 Å². The van der Waals surface area contributed by atoms with E-state index >= 15 is 0 Å². The van der Waals surface area contributed by atoms with Crippen molar-refractivity contribution < 1.29 is 14.7 Å². The lowest BCUT2D eigenvalue weighted by Gasteiger charge is -2.35. The first-order valence-electron chi connectivity index (χ1n) is 6.58. The average molecular weight is 255 g/mol. The van der Waals surface area contributed by atoms with Crippen molar-refractivity contribution in [3.63, 3.8) is 0 Å². The Bertz CT molecular complexity index is 335. The molecule has 6 heteroatoms. The number of carboxylic acid groups (broad SMARTS) is 1. The number of rotatable bonds is 4. The van der Waals surface area contributed by atoms with E-state index < -0.39 is 12.0 Å². The summed E-state index contributed by atoms with van der Waals surface area (Å²) < 4.78 is 0. The van der Waals surface area contributed by atoms with Crippen molar-refractivity contribution in [2.45, 2.75) is 50.2 Å². The molecule has 3 unspecified atom stereocenters. The van der Waals surface area contributed by atoms with Gasteiger partial charge >= 0.3 is 5.97 Å². The highest BCUT2D eigenvalue weighted by atomic mass is 16.4. The molecule has 0 aromatic rings. The van der Waals surface area contributed by atoms with Gasteiger partial charge in [-0.25, -0.2) is 0 Å². The molecule has 6 nitrogen and oxygen atoms in total. The quantitative estimate of drug-likeness (QED) is 0.631. The van der Waals surface area contributed by atoms with Gasteiger partial charge in [0.05, 0.1) is 12.5 Å². The van der Waals surface area contributed by atoms with E-state index in [1.54, 1.807) is 0 Å². The van der Waals surface area contributed by atoms with Crippen LogP contribution in [0.5, 0.6) is 0 Å². The van der Waals surface area contributed by atoms with Gasteiger partial charge in [0.2, 0.25) is 5.91 Å². The van der Waals surface area contributed by atoms with Crippen molar-refractivity contribution in [3.8, 4) is 0 Å². The van der Waals surface area contributed by atoms with Crippen LogP contribution in [0.2, 0.25) is 0 Å². The van der Waals surface area contributed by atoms with Gasteiger partial charge in [-0.15, -0.1) is 0 Å². The zero-order chi connectivity index (χ0) is 13.1. The number of aliphatic carboxylic acids is 1. The predicted octanol–water partition coefficient (Wildman–Crippen LogP) is -0.469. The molecule has 2 saturated heterocycles. The summed E-state index contributed by atoms with van der Waals surface area (Å²) in [6.45, 7) is 2.19. The molecule has 0 radical (unpaired) electrons. The number of piperidine rings is 1. The third-order valence-corrected chi connectivity index (χ3v) is 3.90.